The van der Waals surface area contributed by atoms with Crippen molar-refractivity contribution < 1.29 is 29.0 Å². The fourth-order valence-corrected chi connectivity index (χ4v) is 5.46. The van der Waals surface area contributed by atoms with Gasteiger partial charge in [0, 0.05) is 6.08 Å². The molecule has 7 rings (SSSR count). The Morgan fingerprint density at radius 3 is 1.58 bits per heavy atom. The standard InChI is InChI=1S/C38H27N4O2.Zn/c1-44-35-24-22-33(42-35)38(27-15-9-4-10-16-27)31-20-18-29(40-31)36(25-11-5-2-6-12-25)28-17-19-30(39-28)37(26-13-7-3-8-14-26)32-21-23-34(43)41-32;/h2-24H,1H3,(H-,39,40,41,42,43);/q-1;+2/p-1. The van der Waals surface area contributed by atoms with Gasteiger partial charge in [-0.15, -0.1) is 17.1 Å². The maximum atomic E-state index is 12.1. The van der Waals surface area contributed by atoms with Crippen LogP contribution in [0.5, 0.6) is 0 Å². The van der Waals surface area contributed by atoms with Crippen LogP contribution < -0.4 is 4.98 Å². The van der Waals surface area contributed by atoms with Crippen molar-refractivity contribution in [3.8, 4) is 0 Å². The topological polar surface area (TPSA) is 79.2 Å². The summed E-state index contributed by atoms with van der Waals surface area (Å²) >= 11 is 0. The van der Waals surface area contributed by atoms with E-state index in [9.17, 15) is 4.79 Å². The van der Waals surface area contributed by atoms with Crippen LogP contribution in [0.2, 0.25) is 0 Å². The molecule has 3 aromatic carbocycles. The van der Waals surface area contributed by atoms with E-state index in [0.717, 1.165) is 61.9 Å². The van der Waals surface area contributed by atoms with Gasteiger partial charge in [0.2, 0.25) is 5.90 Å². The van der Waals surface area contributed by atoms with Crippen LogP contribution in [0, 0.1) is 0 Å². The van der Waals surface area contributed by atoms with Crippen molar-refractivity contribution in [2.45, 2.75) is 0 Å². The first-order chi connectivity index (χ1) is 21.7. The molecule has 3 aliphatic heterocycles. The van der Waals surface area contributed by atoms with Gasteiger partial charge in [-0.05, 0) is 57.7 Å². The van der Waals surface area contributed by atoms with E-state index in [0.29, 0.717) is 11.6 Å². The number of carbonyl (C=O) groups excluding carboxylic acids is 1. The molecule has 3 aliphatic rings. The molecule has 1 amide bonds. The quantitative estimate of drug-likeness (QED) is 0.204. The zero-order valence-corrected chi connectivity index (χ0v) is 27.6. The van der Waals surface area contributed by atoms with Crippen LogP contribution in [0.1, 0.15) is 28.1 Å². The average molecular weight is 636 g/mol. The van der Waals surface area contributed by atoms with E-state index in [4.69, 9.17) is 14.7 Å². The summed E-state index contributed by atoms with van der Waals surface area (Å²) in [6.45, 7) is 0. The molecule has 1 aromatic heterocycles. The zero-order chi connectivity index (χ0) is 29.9. The fraction of sp³-hybridized carbons (Fsp3) is 0.0263. The van der Waals surface area contributed by atoms with E-state index < -0.39 is 0 Å². The minimum absolute atomic E-state index is 0. The van der Waals surface area contributed by atoms with Gasteiger partial charge in [0.1, 0.15) is 0 Å². The maximum absolute atomic E-state index is 12.1. The molecule has 0 saturated carbocycles. The molecule has 6 nitrogen and oxygen atoms in total. The Morgan fingerprint density at radius 2 is 1.09 bits per heavy atom. The first-order valence-corrected chi connectivity index (χ1v) is 14.2. The van der Waals surface area contributed by atoms with Gasteiger partial charge in [0.05, 0.1) is 30.1 Å². The van der Waals surface area contributed by atoms with E-state index >= 15 is 0 Å². The second-order valence-electron chi connectivity index (χ2n) is 10.2. The van der Waals surface area contributed by atoms with Crippen molar-refractivity contribution in [1.29, 1.82) is 0 Å². The third kappa shape index (κ3) is 6.03. The van der Waals surface area contributed by atoms with Crippen LogP contribution in [0.15, 0.2) is 167 Å². The molecule has 0 N–H and O–H groups in total. The minimum Gasteiger partial charge on any atom is -0.657 e. The molecule has 4 heterocycles. The minimum atomic E-state index is -0.271. The van der Waals surface area contributed by atoms with Crippen LogP contribution in [0.4, 0.5) is 0 Å². The SMILES string of the molecule is COC1=N/C(=C(/c2ccccc2)c2ccc(/C(=C3/C=CC(C(=C4/C=CC(=O)[N-]4)/c4ccccc4)=N3)c3ccccc3)[n-]2)C=C1.[Zn+2]. The summed E-state index contributed by atoms with van der Waals surface area (Å²) < 4.78 is 5.38. The van der Waals surface area contributed by atoms with Gasteiger partial charge in [-0.2, -0.15) is 0 Å². The van der Waals surface area contributed by atoms with Crippen molar-refractivity contribution in [2.24, 2.45) is 9.98 Å². The zero-order valence-electron chi connectivity index (χ0n) is 24.6. The van der Waals surface area contributed by atoms with Gasteiger partial charge in [-0.25, -0.2) is 9.98 Å². The molecule has 0 saturated heterocycles. The van der Waals surface area contributed by atoms with E-state index in [-0.39, 0.29) is 25.4 Å². The Kier molecular flexibility index (Phi) is 8.63. The number of rotatable bonds is 6. The maximum Gasteiger partial charge on any atom is 2.00 e. The third-order valence-electron chi connectivity index (χ3n) is 7.44. The van der Waals surface area contributed by atoms with E-state index in [1.165, 1.54) is 6.08 Å². The Balaban J connectivity index is 0.00000357. The molecule has 0 aliphatic carbocycles. The second kappa shape index (κ2) is 13.1. The molecule has 7 heteroatoms. The molecule has 0 fully saturated rings. The number of allylic oxidation sites excluding steroid dienone is 5. The summed E-state index contributed by atoms with van der Waals surface area (Å²) in [7, 11) is 1.61. The summed E-state index contributed by atoms with van der Waals surface area (Å²) in [4.78, 5) is 27.0. The van der Waals surface area contributed by atoms with Crippen molar-refractivity contribution in [3.63, 3.8) is 0 Å². The number of hydrogen-bond donors (Lipinski definition) is 0. The number of methoxy groups -OCH3 is 1. The van der Waals surface area contributed by atoms with Crippen molar-refractivity contribution in [3.05, 3.63) is 190 Å². The number of carbonyl (C=O) groups is 1. The average Bonchev–Trinajstić information content (AvgIpc) is 3.90. The number of aromatic nitrogens is 1. The fourth-order valence-electron chi connectivity index (χ4n) is 5.46. The molecule has 0 spiro atoms. The number of nitrogens with zero attached hydrogens (tertiary/aromatic N) is 4. The predicted molar refractivity (Wildman–Crippen MR) is 176 cm³/mol. The summed E-state index contributed by atoms with van der Waals surface area (Å²) in [5, 5.41) is 4.25. The Hall–Kier alpha value is -5.39. The number of aliphatic imine (C=N–C) groups is 2. The molecule has 0 bridgehead atoms. The molecular weight excluding hydrogens is 610 g/mol. The number of benzene rings is 3. The van der Waals surface area contributed by atoms with Gasteiger partial charge < -0.3 is 19.8 Å². The summed E-state index contributed by atoms with van der Waals surface area (Å²) in [6, 6.07) is 34.2. The summed E-state index contributed by atoms with van der Waals surface area (Å²) in [5.41, 5.74) is 10.0. The van der Waals surface area contributed by atoms with Gasteiger partial charge in [0.15, 0.2) is 0 Å². The Labute approximate surface area is 274 Å². The predicted octanol–water partition coefficient (Wildman–Crippen LogP) is 7.67. The Morgan fingerprint density at radius 1 is 0.578 bits per heavy atom. The molecule has 0 radical (unpaired) electrons. The number of hydrogen-bond acceptors (Lipinski definition) is 4. The second-order valence-corrected chi connectivity index (χ2v) is 10.2. The monoisotopic (exact) mass is 634 g/mol. The van der Waals surface area contributed by atoms with Crippen LogP contribution in [-0.4, -0.2) is 24.6 Å². The van der Waals surface area contributed by atoms with Gasteiger partial charge in [0.25, 0.3) is 0 Å². The Bertz CT molecular complexity index is 2010. The largest absolute Gasteiger partial charge is 2.00 e. The van der Waals surface area contributed by atoms with Crippen LogP contribution in [0.3, 0.4) is 0 Å². The molecular formula is C38H26N4O2Zn. The number of ether oxygens (including phenoxy) is 1. The van der Waals surface area contributed by atoms with Crippen LogP contribution in [0.25, 0.3) is 22.0 Å². The van der Waals surface area contributed by atoms with Crippen molar-refractivity contribution in [2.75, 3.05) is 7.11 Å². The number of amides is 1. The molecule has 212 valence electrons. The summed E-state index contributed by atoms with van der Waals surface area (Å²) in [5.74, 6) is 0.284. The van der Waals surface area contributed by atoms with Gasteiger partial charge in [-0.3, -0.25) is 0 Å². The van der Waals surface area contributed by atoms with Crippen molar-refractivity contribution >= 4 is 34.2 Å². The smallest absolute Gasteiger partial charge is 0.657 e. The molecule has 4 aromatic rings. The molecule has 0 atom stereocenters. The van der Waals surface area contributed by atoms with Crippen LogP contribution in [-0.2, 0) is 29.0 Å². The third-order valence-corrected chi connectivity index (χ3v) is 7.44. The normalized spacial score (nSPS) is 18.3. The first kappa shape index (κ1) is 29.7. The van der Waals surface area contributed by atoms with Crippen LogP contribution >= 0.6 is 0 Å². The van der Waals surface area contributed by atoms with E-state index in [1.807, 2.05) is 103 Å². The molecule has 0 unspecified atom stereocenters. The molecule has 45 heavy (non-hydrogen) atoms. The van der Waals surface area contributed by atoms with E-state index in [1.54, 1.807) is 13.2 Å². The van der Waals surface area contributed by atoms with Gasteiger partial charge in [-0.1, -0.05) is 109 Å². The first-order valence-electron chi connectivity index (χ1n) is 14.2. The van der Waals surface area contributed by atoms with E-state index in [2.05, 4.69) is 34.6 Å². The summed E-state index contributed by atoms with van der Waals surface area (Å²) in [6.07, 6.45) is 11.0. The van der Waals surface area contributed by atoms with Gasteiger partial charge >= 0.3 is 19.5 Å². The van der Waals surface area contributed by atoms with Crippen molar-refractivity contribution in [1.82, 2.24) is 4.98 Å².